The van der Waals surface area contributed by atoms with Gasteiger partial charge in [0.2, 0.25) is 0 Å². The monoisotopic (exact) mass is 372 g/mol. The molecule has 7 heteroatoms. The van der Waals surface area contributed by atoms with Gasteiger partial charge in [-0.25, -0.2) is 14.4 Å². The highest BCUT2D eigenvalue weighted by Crippen LogP contribution is 2.30. The van der Waals surface area contributed by atoms with Gasteiger partial charge in [-0.2, -0.15) is 0 Å². The van der Waals surface area contributed by atoms with E-state index in [-0.39, 0.29) is 17.5 Å². The predicted octanol–water partition coefficient (Wildman–Crippen LogP) is 5.17. The fraction of sp³-hybridized carbons (Fsp3) is 0.211. The van der Waals surface area contributed by atoms with E-state index in [4.69, 9.17) is 16.3 Å². The van der Waals surface area contributed by atoms with Gasteiger partial charge in [-0.1, -0.05) is 11.6 Å². The number of benzene rings is 1. The molecule has 0 aliphatic rings. The van der Waals surface area contributed by atoms with E-state index in [1.807, 2.05) is 20.8 Å². The Bertz CT molecular complexity index is 933. The normalized spacial score (nSPS) is 10.8. The summed E-state index contributed by atoms with van der Waals surface area (Å²) in [7, 11) is 0. The van der Waals surface area contributed by atoms with Gasteiger partial charge < -0.3 is 10.1 Å². The number of anilines is 2. The maximum absolute atomic E-state index is 14.1. The van der Waals surface area contributed by atoms with Crippen molar-refractivity contribution in [3.05, 3.63) is 59.3 Å². The zero-order valence-corrected chi connectivity index (χ0v) is 15.4. The van der Waals surface area contributed by atoms with Crippen LogP contribution in [-0.2, 0) is 0 Å². The van der Waals surface area contributed by atoms with Crippen molar-refractivity contribution in [3.8, 4) is 17.1 Å². The average molecular weight is 373 g/mol. The molecule has 0 amide bonds. The lowest BCUT2D eigenvalue weighted by Gasteiger charge is -2.16. The molecule has 3 aromatic rings. The molecule has 0 atom stereocenters. The molecule has 3 rings (SSSR count). The summed E-state index contributed by atoms with van der Waals surface area (Å²) >= 11 is 5.98. The molecule has 134 valence electrons. The van der Waals surface area contributed by atoms with Crippen LogP contribution in [0.15, 0.2) is 42.9 Å². The van der Waals surface area contributed by atoms with Crippen molar-refractivity contribution in [2.75, 3.05) is 5.32 Å². The van der Waals surface area contributed by atoms with E-state index in [9.17, 15) is 4.39 Å². The number of nitrogens with one attached hydrogen (secondary N) is 1. The third-order valence-corrected chi connectivity index (χ3v) is 3.78. The number of halogens is 2. The molecule has 0 spiro atoms. The highest BCUT2D eigenvalue weighted by Gasteiger charge is 2.13. The van der Waals surface area contributed by atoms with Gasteiger partial charge in [0.1, 0.15) is 11.6 Å². The van der Waals surface area contributed by atoms with Crippen LogP contribution in [0.5, 0.6) is 5.75 Å². The number of aromatic nitrogens is 3. The van der Waals surface area contributed by atoms with Crippen molar-refractivity contribution in [1.29, 1.82) is 0 Å². The number of pyridine rings is 1. The van der Waals surface area contributed by atoms with E-state index in [2.05, 4.69) is 20.3 Å². The summed E-state index contributed by atoms with van der Waals surface area (Å²) in [6, 6.07) is 6.08. The highest BCUT2D eigenvalue weighted by atomic mass is 35.5. The van der Waals surface area contributed by atoms with Gasteiger partial charge in [-0.3, -0.25) is 4.98 Å². The van der Waals surface area contributed by atoms with Gasteiger partial charge in [-0.05, 0) is 45.0 Å². The number of nitrogens with zero attached hydrogens (tertiary/aromatic N) is 3. The van der Waals surface area contributed by atoms with E-state index in [0.29, 0.717) is 22.3 Å². The Labute approximate surface area is 156 Å². The predicted molar refractivity (Wildman–Crippen MR) is 100 cm³/mol. The smallest absolute Gasteiger partial charge is 0.164 e. The van der Waals surface area contributed by atoms with Crippen molar-refractivity contribution in [3.63, 3.8) is 0 Å². The maximum atomic E-state index is 14.1. The second-order valence-electron chi connectivity index (χ2n) is 6.01. The standard InChI is InChI=1S/C19H18ClFN4O/c1-11(2)26-17-10-22-7-6-16(17)24-18-12(3)9-23-19(25-18)14-8-13(20)4-5-15(14)21/h4-11H,1-3H3,(H,22,23,24,25). The lowest BCUT2D eigenvalue weighted by atomic mass is 10.2. The summed E-state index contributed by atoms with van der Waals surface area (Å²) in [5.41, 5.74) is 1.77. The number of ether oxygens (including phenoxy) is 1. The van der Waals surface area contributed by atoms with Crippen LogP contribution in [0, 0.1) is 12.7 Å². The molecule has 0 saturated carbocycles. The molecular weight excluding hydrogens is 355 g/mol. The lowest BCUT2D eigenvalue weighted by Crippen LogP contribution is -2.08. The van der Waals surface area contributed by atoms with Crippen LogP contribution in [0.1, 0.15) is 19.4 Å². The van der Waals surface area contributed by atoms with E-state index in [1.54, 1.807) is 24.7 Å². The Morgan fingerprint density at radius 3 is 2.77 bits per heavy atom. The Morgan fingerprint density at radius 2 is 2.00 bits per heavy atom. The third-order valence-electron chi connectivity index (χ3n) is 3.54. The topological polar surface area (TPSA) is 59.9 Å². The van der Waals surface area contributed by atoms with Gasteiger partial charge in [0.15, 0.2) is 11.6 Å². The van der Waals surface area contributed by atoms with Crippen molar-refractivity contribution < 1.29 is 9.13 Å². The van der Waals surface area contributed by atoms with Crippen molar-refractivity contribution in [2.45, 2.75) is 26.9 Å². The van der Waals surface area contributed by atoms with Gasteiger partial charge in [0.05, 0.1) is 23.6 Å². The molecule has 0 unspecified atom stereocenters. The Kier molecular flexibility index (Phi) is 5.32. The second kappa shape index (κ2) is 7.66. The first kappa shape index (κ1) is 18.1. The van der Waals surface area contributed by atoms with E-state index >= 15 is 0 Å². The summed E-state index contributed by atoms with van der Waals surface area (Å²) in [5.74, 6) is 0.973. The quantitative estimate of drug-likeness (QED) is 0.669. The fourth-order valence-corrected chi connectivity index (χ4v) is 2.50. The first-order valence-corrected chi connectivity index (χ1v) is 8.48. The molecule has 0 fully saturated rings. The fourth-order valence-electron chi connectivity index (χ4n) is 2.33. The molecule has 0 aliphatic heterocycles. The van der Waals surface area contributed by atoms with Gasteiger partial charge >= 0.3 is 0 Å². The number of hydrogen-bond donors (Lipinski definition) is 1. The maximum Gasteiger partial charge on any atom is 0.164 e. The third kappa shape index (κ3) is 4.08. The lowest BCUT2D eigenvalue weighted by molar-refractivity contribution is 0.243. The van der Waals surface area contributed by atoms with Crippen molar-refractivity contribution in [1.82, 2.24) is 15.0 Å². The van der Waals surface area contributed by atoms with Gasteiger partial charge in [-0.15, -0.1) is 0 Å². The van der Waals surface area contributed by atoms with Gasteiger partial charge in [0.25, 0.3) is 0 Å². The molecule has 0 aliphatic carbocycles. The molecule has 0 saturated heterocycles. The molecule has 26 heavy (non-hydrogen) atoms. The molecule has 0 bridgehead atoms. The van der Waals surface area contributed by atoms with Crippen LogP contribution in [-0.4, -0.2) is 21.1 Å². The summed E-state index contributed by atoms with van der Waals surface area (Å²) in [6.45, 7) is 5.74. The van der Waals surface area contributed by atoms with Crippen LogP contribution >= 0.6 is 11.6 Å². The minimum Gasteiger partial charge on any atom is -0.487 e. The molecule has 1 N–H and O–H groups in total. The first-order valence-electron chi connectivity index (χ1n) is 8.11. The van der Waals surface area contributed by atoms with Gasteiger partial charge in [0, 0.05) is 23.0 Å². The highest BCUT2D eigenvalue weighted by molar-refractivity contribution is 6.30. The summed E-state index contributed by atoms with van der Waals surface area (Å²) < 4.78 is 19.9. The van der Waals surface area contributed by atoms with Crippen molar-refractivity contribution in [2.24, 2.45) is 0 Å². The minimum atomic E-state index is -0.433. The number of hydrogen-bond acceptors (Lipinski definition) is 5. The van der Waals surface area contributed by atoms with E-state index in [0.717, 1.165) is 5.56 Å². The Balaban J connectivity index is 1.98. The van der Waals surface area contributed by atoms with E-state index in [1.165, 1.54) is 18.2 Å². The van der Waals surface area contributed by atoms with Crippen LogP contribution in [0.4, 0.5) is 15.9 Å². The van der Waals surface area contributed by atoms with Crippen LogP contribution in [0.25, 0.3) is 11.4 Å². The molecule has 0 radical (unpaired) electrons. The van der Waals surface area contributed by atoms with Crippen molar-refractivity contribution >= 4 is 23.1 Å². The largest absolute Gasteiger partial charge is 0.487 e. The summed E-state index contributed by atoms with van der Waals surface area (Å²) in [4.78, 5) is 12.8. The minimum absolute atomic E-state index is 0.00219. The first-order chi connectivity index (χ1) is 12.4. The number of rotatable bonds is 5. The molecular formula is C19H18ClFN4O. The van der Waals surface area contributed by atoms with Crippen LogP contribution in [0.3, 0.4) is 0 Å². The SMILES string of the molecule is Cc1cnc(-c2cc(Cl)ccc2F)nc1Nc1ccncc1OC(C)C. The average Bonchev–Trinajstić information content (AvgIpc) is 2.60. The summed E-state index contributed by atoms with van der Waals surface area (Å²) in [6.07, 6.45) is 4.93. The number of aryl methyl sites for hydroxylation is 1. The zero-order chi connectivity index (χ0) is 18.7. The summed E-state index contributed by atoms with van der Waals surface area (Å²) in [5, 5.41) is 3.64. The second-order valence-corrected chi connectivity index (χ2v) is 6.45. The van der Waals surface area contributed by atoms with Crippen LogP contribution in [0.2, 0.25) is 5.02 Å². The molecule has 5 nitrogen and oxygen atoms in total. The zero-order valence-electron chi connectivity index (χ0n) is 14.6. The molecule has 2 heterocycles. The van der Waals surface area contributed by atoms with Crippen LogP contribution < -0.4 is 10.1 Å². The Morgan fingerprint density at radius 1 is 1.19 bits per heavy atom. The molecule has 2 aromatic heterocycles. The Hall–Kier alpha value is -2.73. The van der Waals surface area contributed by atoms with E-state index < -0.39 is 5.82 Å². The molecule has 1 aromatic carbocycles.